The molecule has 2 heterocycles. The Bertz CT molecular complexity index is 1860. The van der Waals surface area contributed by atoms with Gasteiger partial charge >= 0.3 is 29.6 Å². The van der Waals surface area contributed by atoms with Gasteiger partial charge in [0.2, 0.25) is 0 Å². The minimum absolute atomic E-state index is 0.129. The van der Waals surface area contributed by atoms with Crippen molar-refractivity contribution < 1.29 is 38.1 Å². The average molecular weight is 621 g/mol. The molecule has 2 aromatic carbocycles. The number of aromatic nitrogens is 4. The van der Waals surface area contributed by atoms with E-state index in [2.05, 4.69) is 9.97 Å². The number of esters is 4. The fourth-order valence-electron chi connectivity index (χ4n) is 4.88. The lowest BCUT2D eigenvalue weighted by molar-refractivity contribution is -0.190. The molecule has 2 aliphatic rings. The van der Waals surface area contributed by atoms with E-state index in [1.807, 2.05) is 13.8 Å². The number of aryl methyl sites for hydroxylation is 2. The second-order valence-corrected chi connectivity index (χ2v) is 10.4. The number of hydrogen-bond acceptors (Lipinski definition) is 12. The third-order valence-corrected chi connectivity index (χ3v) is 6.88. The lowest BCUT2D eigenvalue weighted by atomic mass is 10.1. The normalized spacial score (nSPS) is 13.1. The molecule has 4 rings (SSSR count). The summed E-state index contributed by atoms with van der Waals surface area (Å²) in [5.74, 6) is -3.22. The molecule has 2 aromatic rings. The molecule has 0 aliphatic carbocycles. The van der Waals surface area contributed by atoms with Crippen LogP contribution in [-0.4, -0.2) is 67.9 Å². The standard InChI is InChI=1S/C31H32N4O10/c1-16-12-23-24(13-17(16)2)34(29-27(32-23)30(40)35(31(41)33-29)22-10-8-7-9-11-22)14-25(43-19(4)37)28(45-21(6)39)26(44-20(5)38)15-42-18(3)36/h7-13,25-26,28H,14-15H2,1-6H3/t25-,26+,28-/m0/s1. The Morgan fingerprint density at radius 1 is 0.778 bits per heavy atom. The van der Waals surface area contributed by atoms with Gasteiger partial charge in [0.1, 0.15) is 6.61 Å². The van der Waals surface area contributed by atoms with E-state index < -0.39 is 60.0 Å². The molecule has 0 amide bonds. The van der Waals surface area contributed by atoms with Crippen molar-refractivity contribution in [1.29, 1.82) is 0 Å². The quantitative estimate of drug-likeness (QED) is 0.144. The number of carbonyl (C=O) groups is 4. The van der Waals surface area contributed by atoms with Gasteiger partial charge in [0, 0.05) is 27.7 Å². The first-order valence-electron chi connectivity index (χ1n) is 13.9. The number of benzene rings is 2. The van der Waals surface area contributed by atoms with Crippen LogP contribution in [0.25, 0.3) is 28.2 Å². The highest BCUT2D eigenvalue weighted by atomic mass is 16.6. The van der Waals surface area contributed by atoms with E-state index >= 15 is 0 Å². The summed E-state index contributed by atoms with van der Waals surface area (Å²) in [6.45, 7) is 7.30. The van der Waals surface area contributed by atoms with Gasteiger partial charge in [-0.05, 0) is 49.2 Å². The maximum Gasteiger partial charge on any atom is 0.357 e. The minimum Gasteiger partial charge on any atom is -0.462 e. The molecule has 0 aromatic heterocycles. The number of rotatable bonds is 10. The van der Waals surface area contributed by atoms with Gasteiger partial charge in [-0.25, -0.2) is 14.3 Å². The Balaban J connectivity index is 2.00. The SMILES string of the molecule is CC(=O)OC[C@@H](OC(C)=O)[C@@H](OC(C)=O)[C@H](Cn1c2nc(=O)n(-c3ccccc3)c(=O)c-2nc2cc(C)c(C)cc21)OC(C)=O. The molecule has 0 spiro atoms. The monoisotopic (exact) mass is 620 g/mol. The zero-order valence-corrected chi connectivity index (χ0v) is 25.6. The van der Waals surface area contributed by atoms with Gasteiger partial charge in [-0.2, -0.15) is 4.98 Å². The summed E-state index contributed by atoms with van der Waals surface area (Å²) in [6, 6.07) is 11.7. The number of para-hydroxylation sites is 1. The largest absolute Gasteiger partial charge is 0.462 e. The van der Waals surface area contributed by atoms with Crippen molar-refractivity contribution in [2.45, 2.75) is 66.4 Å². The van der Waals surface area contributed by atoms with Crippen LogP contribution < -0.4 is 11.2 Å². The van der Waals surface area contributed by atoms with Gasteiger partial charge in [-0.3, -0.25) is 24.0 Å². The Morgan fingerprint density at radius 2 is 1.38 bits per heavy atom. The maximum absolute atomic E-state index is 13.8. The van der Waals surface area contributed by atoms with Gasteiger partial charge in [0.25, 0.3) is 5.56 Å². The van der Waals surface area contributed by atoms with E-state index in [0.717, 1.165) is 43.4 Å². The van der Waals surface area contributed by atoms with Crippen molar-refractivity contribution in [3.05, 3.63) is 74.4 Å². The van der Waals surface area contributed by atoms with E-state index in [1.54, 1.807) is 42.5 Å². The van der Waals surface area contributed by atoms with Crippen molar-refractivity contribution >= 4 is 34.9 Å². The molecule has 0 bridgehead atoms. The highest BCUT2D eigenvalue weighted by Crippen LogP contribution is 2.27. The number of hydrogen-bond donors (Lipinski definition) is 0. The molecule has 45 heavy (non-hydrogen) atoms. The number of ether oxygens (including phenoxy) is 4. The summed E-state index contributed by atoms with van der Waals surface area (Å²) in [5.41, 5.74) is 0.994. The van der Waals surface area contributed by atoms with Crippen LogP contribution in [-0.2, 0) is 44.7 Å². The molecule has 0 fully saturated rings. The van der Waals surface area contributed by atoms with Crippen molar-refractivity contribution in [1.82, 2.24) is 19.1 Å². The molecule has 14 heteroatoms. The smallest absolute Gasteiger partial charge is 0.357 e. The van der Waals surface area contributed by atoms with Gasteiger partial charge in [0.05, 0.1) is 23.3 Å². The minimum atomic E-state index is -1.50. The summed E-state index contributed by atoms with van der Waals surface area (Å²) in [6.07, 6.45) is -4.30. The van der Waals surface area contributed by atoms with Crippen LogP contribution in [0, 0.1) is 13.8 Å². The second kappa shape index (κ2) is 13.5. The van der Waals surface area contributed by atoms with E-state index in [9.17, 15) is 28.8 Å². The predicted octanol–water partition coefficient (Wildman–Crippen LogP) is 2.02. The van der Waals surface area contributed by atoms with E-state index in [0.29, 0.717) is 11.0 Å². The van der Waals surface area contributed by atoms with E-state index in [1.165, 1.54) is 4.57 Å². The first-order valence-corrected chi connectivity index (χ1v) is 13.9. The van der Waals surface area contributed by atoms with Crippen LogP contribution in [0.4, 0.5) is 0 Å². The fraction of sp³-hybridized carbons (Fsp3) is 0.355. The lowest BCUT2D eigenvalue weighted by Crippen LogP contribution is -2.49. The van der Waals surface area contributed by atoms with Gasteiger partial charge < -0.3 is 23.5 Å². The molecule has 0 unspecified atom stereocenters. The third-order valence-electron chi connectivity index (χ3n) is 6.88. The molecule has 0 N–H and O–H groups in total. The first kappa shape index (κ1) is 32.5. The Hall–Kier alpha value is -5.40. The van der Waals surface area contributed by atoms with E-state index in [-0.39, 0.29) is 23.8 Å². The summed E-state index contributed by atoms with van der Waals surface area (Å²) in [4.78, 5) is 84.3. The molecule has 236 valence electrons. The number of nitrogens with zero attached hydrogens (tertiary/aromatic N) is 4. The second-order valence-electron chi connectivity index (χ2n) is 10.4. The number of carbonyl (C=O) groups excluding carboxylic acids is 4. The predicted molar refractivity (Wildman–Crippen MR) is 159 cm³/mol. The van der Waals surface area contributed by atoms with Crippen LogP contribution in [0.3, 0.4) is 0 Å². The molecular weight excluding hydrogens is 588 g/mol. The van der Waals surface area contributed by atoms with Crippen LogP contribution >= 0.6 is 0 Å². The Morgan fingerprint density at radius 3 is 1.98 bits per heavy atom. The third kappa shape index (κ3) is 7.40. The van der Waals surface area contributed by atoms with Gasteiger partial charge in [-0.15, -0.1) is 0 Å². The zero-order chi connectivity index (χ0) is 33.0. The Kier molecular flexibility index (Phi) is 9.75. The fourth-order valence-corrected chi connectivity index (χ4v) is 4.88. The van der Waals surface area contributed by atoms with Gasteiger partial charge in [-0.1, -0.05) is 18.2 Å². The lowest BCUT2D eigenvalue weighted by Gasteiger charge is -2.32. The van der Waals surface area contributed by atoms with Crippen LogP contribution in [0.1, 0.15) is 38.8 Å². The van der Waals surface area contributed by atoms with Crippen molar-refractivity contribution in [3.63, 3.8) is 0 Å². The summed E-state index contributed by atoms with van der Waals surface area (Å²) < 4.78 is 23.9. The molecule has 0 radical (unpaired) electrons. The highest BCUT2D eigenvalue weighted by Gasteiger charge is 2.39. The van der Waals surface area contributed by atoms with Gasteiger partial charge in [0.15, 0.2) is 29.8 Å². The molecule has 3 atom stereocenters. The van der Waals surface area contributed by atoms with Crippen LogP contribution in [0.2, 0.25) is 0 Å². The van der Waals surface area contributed by atoms with Crippen molar-refractivity contribution in [2.24, 2.45) is 0 Å². The average Bonchev–Trinajstić information content (AvgIpc) is 2.95. The highest BCUT2D eigenvalue weighted by molar-refractivity contribution is 5.81. The topological polar surface area (TPSA) is 175 Å². The summed E-state index contributed by atoms with van der Waals surface area (Å²) in [5, 5.41) is 0. The number of fused-ring (bicyclic) bond motifs is 2. The molecule has 0 saturated carbocycles. The molecule has 0 saturated heterocycles. The Labute approximate surface area is 256 Å². The van der Waals surface area contributed by atoms with Crippen molar-refractivity contribution in [3.8, 4) is 17.2 Å². The molecule has 14 nitrogen and oxygen atoms in total. The maximum atomic E-state index is 13.8. The van der Waals surface area contributed by atoms with Crippen LogP contribution in [0.15, 0.2) is 52.1 Å². The van der Waals surface area contributed by atoms with Crippen molar-refractivity contribution in [2.75, 3.05) is 6.61 Å². The summed E-state index contributed by atoms with van der Waals surface area (Å²) in [7, 11) is 0. The van der Waals surface area contributed by atoms with E-state index in [4.69, 9.17) is 18.9 Å². The first-order chi connectivity index (χ1) is 21.3. The van der Waals surface area contributed by atoms with Crippen LogP contribution in [0.5, 0.6) is 0 Å². The molecule has 2 aliphatic heterocycles. The molecular formula is C31H32N4O10. The summed E-state index contributed by atoms with van der Waals surface area (Å²) >= 11 is 0. The zero-order valence-electron chi connectivity index (χ0n) is 25.6.